The molecule has 0 unspecified atom stereocenters. The van der Waals surface area contributed by atoms with E-state index in [4.69, 9.17) is 0 Å². The normalized spacial score (nSPS) is 28.7. The van der Waals surface area contributed by atoms with E-state index in [9.17, 15) is 9.59 Å². The zero-order chi connectivity index (χ0) is 15.3. The molecule has 5 nitrogen and oxygen atoms in total. The molecule has 2 aliphatic heterocycles. The zero-order valence-corrected chi connectivity index (χ0v) is 12.8. The first-order chi connectivity index (χ1) is 10.6. The van der Waals surface area contributed by atoms with Gasteiger partial charge in [0.1, 0.15) is 5.54 Å². The Morgan fingerprint density at radius 2 is 1.95 bits per heavy atom. The SMILES string of the molecule is C[C@]1(C2CC2)NC(=O)N(CN2CCc3ccccc3C2)C1=O. The predicted octanol–water partition coefficient (Wildman–Crippen LogP) is 1.72. The van der Waals surface area contributed by atoms with Gasteiger partial charge in [-0.1, -0.05) is 24.3 Å². The van der Waals surface area contributed by atoms with E-state index in [2.05, 4.69) is 28.4 Å². The largest absolute Gasteiger partial charge is 0.326 e. The molecule has 0 radical (unpaired) electrons. The molecule has 5 heteroatoms. The molecular formula is C17H21N3O2. The average Bonchev–Trinajstić information content (AvgIpc) is 3.33. The number of urea groups is 1. The van der Waals surface area contributed by atoms with E-state index >= 15 is 0 Å². The van der Waals surface area contributed by atoms with Crippen LogP contribution in [-0.4, -0.2) is 40.5 Å². The molecule has 1 N–H and O–H groups in total. The molecule has 4 rings (SSSR count). The summed E-state index contributed by atoms with van der Waals surface area (Å²) in [6.45, 7) is 3.94. The van der Waals surface area contributed by atoms with E-state index in [1.165, 1.54) is 16.0 Å². The van der Waals surface area contributed by atoms with Crippen LogP contribution in [0.25, 0.3) is 0 Å². The Balaban J connectivity index is 1.48. The Kier molecular flexibility index (Phi) is 3.01. The van der Waals surface area contributed by atoms with Gasteiger partial charge < -0.3 is 5.32 Å². The van der Waals surface area contributed by atoms with E-state index in [1.54, 1.807) is 0 Å². The van der Waals surface area contributed by atoms with Crippen molar-refractivity contribution in [1.82, 2.24) is 15.1 Å². The molecule has 1 atom stereocenters. The van der Waals surface area contributed by atoms with Gasteiger partial charge in [0.2, 0.25) is 0 Å². The van der Waals surface area contributed by atoms with Gasteiger partial charge in [-0.15, -0.1) is 0 Å². The van der Waals surface area contributed by atoms with Gasteiger partial charge in [0.25, 0.3) is 5.91 Å². The third kappa shape index (κ3) is 2.11. The second-order valence-corrected chi connectivity index (χ2v) is 6.85. The molecule has 1 aliphatic carbocycles. The predicted molar refractivity (Wildman–Crippen MR) is 81.9 cm³/mol. The van der Waals surface area contributed by atoms with Gasteiger partial charge in [0, 0.05) is 13.1 Å². The lowest BCUT2D eigenvalue weighted by atomic mass is 9.96. The van der Waals surface area contributed by atoms with Crippen LogP contribution in [-0.2, 0) is 17.8 Å². The Labute approximate surface area is 130 Å². The summed E-state index contributed by atoms with van der Waals surface area (Å²) >= 11 is 0. The van der Waals surface area contributed by atoms with Crippen molar-refractivity contribution in [2.45, 2.75) is 38.3 Å². The first kappa shape index (κ1) is 13.8. The lowest BCUT2D eigenvalue weighted by Crippen LogP contribution is -2.47. The molecule has 116 valence electrons. The molecule has 1 saturated heterocycles. The Morgan fingerprint density at radius 3 is 2.68 bits per heavy atom. The number of carbonyl (C=O) groups is 2. The van der Waals surface area contributed by atoms with Crippen molar-refractivity contribution in [3.8, 4) is 0 Å². The van der Waals surface area contributed by atoms with Gasteiger partial charge in [-0.05, 0) is 43.2 Å². The maximum absolute atomic E-state index is 12.7. The van der Waals surface area contributed by atoms with Crippen molar-refractivity contribution in [2.75, 3.05) is 13.2 Å². The lowest BCUT2D eigenvalue weighted by Gasteiger charge is -2.31. The molecule has 0 aromatic heterocycles. The minimum atomic E-state index is -0.676. The van der Waals surface area contributed by atoms with Crippen LogP contribution in [0.2, 0.25) is 0 Å². The molecule has 0 spiro atoms. The molecule has 1 aromatic rings. The highest BCUT2D eigenvalue weighted by Crippen LogP contribution is 2.42. The number of carbonyl (C=O) groups excluding carboxylic acids is 2. The summed E-state index contributed by atoms with van der Waals surface area (Å²) < 4.78 is 0. The summed E-state index contributed by atoms with van der Waals surface area (Å²) in [6, 6.07) is 8.15. The minimum Gasteiger partial charge on any atom is -0.323 e. The number of fused-ring (bicyclic) bond motifs is 1. The second-order valence-electron chi connectivity index (χ2n) is 6.85. The molecule has 3 aliphatic rings. The van der Waals surface area contributed by atoms with Crippen LogP contribution in [0, 0.1) is 5.92 Å². The summed E-state index contributed by atoms with van der Waals surface area (Å²) in [4.78, 5) is 28.4. The van der Waals surface area contributed by atoms with E-state index in [1.807, 2.05) is 13.0 Å². The van der Waals surface area contributed by atoms with Crippen molar-refractivity contribution in [3.63, 3.8) is 0 Å². The fraction of sp³-hybridized carbons (Fsp3) is 0.529. The fourth-order valence-corrected chi connectivity index (χ4v) is 3.66. The van der Waals surface area contributed by atoms with Crippen molar-refractivity contribution >= 4 is 11.9 Å². The van der Waals surface area contributed by atoms with E-state index in [0.717, 1.165) is 32.4 Å². The number of rotatable bonds is 3. The van der Waals surface area contributed by atoms with Crippen LogP contribution >= 0.6 is 0 Å². The second kappa shape index (κ2) is 4.81. The van der Waals surface area contributed by atoms with Crippen LogP contribution in [0.5, 0.6) is 0 Å². The molecule has 3 amide bonds. The first-order valence-electron chi connectivity index (χ1n) is 8.01. The molecular weight excluding hydrogens is 278 g/mol. The fourth-order valence-electron chi connectivity index (χ4n) is 3.66. The summed E-state index contributed by atoms with van der Waals surface area (Å²) in [7, 11) is 0. The highest BCUT2D eigenvalue weighted by Gasteiger charge is 2.56. The lowest BCUT2D eigenvalue weighted by molar-refractivity contribution is -0.133. The number of hydrogen-bond acceptors (Lipinski definition) is 3. The third-order valence-corrected chi connectivity index (χ3v) is 5.25. The van der Waals surface area contributed by atoms with Crippen LogP contribution < -0.4 is 5.32 Å². The maximum atomic E-state index is 12.7. The Hall–Kier alpha value is -1.88. The van der Waals surface area contributed by atoms with Gasteiger partial charge >= 0.3 is 6.03 Å². The molecule has 1 aromatic carbocycles. The van der Waals surface area contributed by atoms with E-state index < -0.39 is 5.54 Å². The highest BCUT2D eigenvalue weighted by molar-refractivity contribution is 6.07. The number of imide groups is 1. The molecule has 2 heterocycles. The van der Waals surface area contributed by atoms with Gasteiger partial charge in [0.05, 0.1) is 6.67 Å². The molecule has 1 saturated carbocycles. The standard InChI is InChI=1S/C17H21N3O2/c1-17(14-6-7-14)15(21)20(16(22)18-17)11-19-9-8-12-4-2-3-5-13(12)10-19/h2-5,14H,6-11H2,1H3,(H,18,22)/t17-/m1/s1. The number of hydrogen-bond donors (Lipinski definition) is 1. The number of benzene rings is 1. The van der Waals surface area contributed by atoms with Crippen molar-refractivity contribution in [1.29, 1.82) is 0 Å². The number of nitrogens with zero attached hydrogens (tertiary/aromatic N) is 2. The van der Waals surface area contributed by atoms with Crippen molar-refractivity contribution in [2.24, 2.45) is 5.92 Å². The van der Waals surface area contributed by atoms with Crippen molar-refractivity contribution in [3.05, 3.63) is 35.4 Å². The summed E-state index contributed by atoms with van der Waals surface area (Å²) in [5.74, 6) is 0.259. The summed E-state index contributed by atoms with van der Waals surface area (Å²) in [6.07, 6.45) is 3.04. The maximum Gasteiger partial charge on any atom is 0.326 e. The highest BCUT2D eigenvalue weighted by atomic mass is 16.2. The number of nitrogens with one attached hydrogen (secondary N) is 1. The van der Waals surface area contributed by atoms with Gasteiger partial charge in [-0.2, -0.15) is 0 Å². The smallest absolute Gasteiger partial charge is 0.323 e. The zero-order valence-electron chi connectivity index (χ0n) is 12.8. The van der Waals surface area contributed by atoms with E-state index in [-0.39, 0.29) is 11.9 Å². The summed E-state index contributed by atoms with van der Waals surface area (Å²) in [5, 5.41) is 2.91. The Bertz CT molecular complexity index is 641. The Morgan fingerprint density at radius 1 is 1.23 bits per heavy atom. The van der Waals surface area contributed by atoms with E-state index in [0.29, 0.717) is 12.6 Å². The van der Waals surface area contributed by atoms with Crippen LogP contribution in [0.1, 0.15) is 30.9 Å². The van der Waals surface area contributed by atoms with Crippen LogP contribution in [0.3, 0.4) is 0 Å². The third-order valence-electron chi connectivity index (χ3n) is 5.25. The van der Waals surface area contributed by atoms with Gasteiger partial charge in [0.15, 0.2) is 0 Å². The van der Waals surface area contributed by atoms with Crippen LogP contribution in [0.15, 0.2) is 24.3 Å². The van der Waals surface area contributed by atoms with Crippen molar-refractivity contribution < 1.29 is 9.59 Å². The quantitative estimate of drug-likeness (QED) is 0.865. The number of amides is 3. The average molecular weight is 299 g/mol. The molecule has 22 heavy (non-hydrogen) atoms. The van der Waals surface area contributed by atoms with Gasteiger partial charge in [-0.3, -0.25) is 9.69 Å². The topological polar surface area (TPSA) is 52.7 Å². The molecule has 0 bridgehead atoms. The monoisotopic (exact) mass is 299 g/mol. The van der Waals surface area contributed by atoms with Gasteiger partial charge in [-0.25, -0.2) is 9.69 Å². The first-order valence-corrected chi connectivity index (χ1v) is 8.01. The minimum absolute atomic E-state index is 0.0566. The van der Waals surface area contributed by atoms with Crippen LogP contribution in [0.4, 0.5) is 4.79 Å². The molecule has 2 fully saturated rings. The summed E-state index contributed by atoms with van der Waals surface area (Å²) in [5.41, 5.74) is 2.00.